The predicted molar refractivity (Wildman–Crippen MR) is 65.7 cm³/mol. The Labute approximate surface area is 94.6 Å². The van der Waals surface area contributed by atoms with Crippen molar-refractivity contribution < 1.29 is 5.11 Å². The van der Waals surface area contributed by atoms with Crippen molar-refractivity contribution in [2.24, 2.45) is 17.8 Å². The van der Waals surface area contributed by atoms with Crippen molar-refractivity contribution in [1.82, 2.24) is 0 Å². The van der Waals surface area contributed by atoms with Gasteiger partial charge in [0.05, 0.1) is 0 Å². The molecule has 1 nitrogen and oxygen atoms in total. The Morgan fingerprint density at radius 3 is 2.73 bits per heavy atom. The van der Waals surface area contributed by atoms with E-state index in [0.717, 1.165) is 24.2 Å². The summed E-state index contributed by atoms with van der Waals surface area (Å²) in [5, 5.41) is 8.84. The van der Waals surface area contributed by atoms with E-state index in [4.69, 9.17) is 5.11 Å². The molecule has 1 aliphatic rings. The van der Waals surface area contributed by atoms with Crippen LogP contribution in [-0.2, 0) is 0 Å². The van der Waals surface area contributed by atoms with E-state index in [1.165, 1.54) is 25.7 Å². The zero-order valence-electron chi connectivity index (χ0n) is 10.5. The number of allylic oxidation sites excluding steroid dienone is 2. The Balaban J connectivity index is 2.40. The van der Waals surface area contributed by atoms with Gasteiger partial charge in [-0.15, -0.1) is 0 Å². The zero-order valence-corrected chi connectivity index (χ0v) is 10.5. The van der Waals surface area contributed by atoms with Crippen molar-refractivity contribution >= 4 is 0 Å². The van der Waals surface area contributed by atoms with E-state index in [2.05, 4.69) is 26.8 Å². The standard InChI is InChI=1S/C14H26O/c1-11(2)9-13-6-7-14(5-4-8-15)12(3)10-13/h6,11-12,14-15H,4-5,7-10H2,1-3H3. The molecular weight excluding hydrogens is 184 g/mol. The summed E-state index contributed by atoms with van der Waals surface area (Å²) in [5.74, 6) is 2.42. The van der Waals surface area contributed by atoms with E-state index < -0.39 is 0 Å². The normalized spacial score (nSPS) is 26.9. The first-order chi connectivity index (χ1) is 7.13. The third kappa shape index (κ3) is 4.38. The lowest BCUT2D eigenvalue weighted by atomic mass is 9.77. The minimum absolute atomic E-state index is 0.353. The number of aliphatic hydroxyl groups is 1. The molecule has 0 spiro atoms. The van der Waals surface area contributed by atoms with E-state index in [1.54, 1.807) is 5.57 Å². The molecule has 0 heterocycles. The fourth-order valence-electron chi connectivity index (χ4n) is 2.66. The second-order valence-corrected chi connectivity index (χ2v) is 5.50. The predicted octanol–water partition coefficient (Wildman–Crippen LogP) is 3.78. The molecule has 0 aromatic carbocycles. The smallest absolute Gasteiger partial charge is 0.0431 e. The van der Waals surface area contributed by atoms with Crippen LogP contribution in [0.4, 0.5) is 0 Å². The van der Waals surface area contributed by atoms with Crippen LogP contribution in [0.1, 0.15) is 52.9 Å². The van der Waals surface area contributed by atoms with Crippen molar-refractivity contribution in [1.29, 1.82) is 0 Å². The maximum atomic E-state index is 8.84. The molecule has 0 saturated carbocycles. The lowest BCUT2D eigenvalue weighted by Gasteiger charge is -2.29. The summed E-state index contributed by atoms with van der Waals surface area (Å²) in [5.41, 5.74) is 1.66. The Bertz CT molecular complexity index is 205. The molecule has 1 heteroatoms. The molecule has 2 atom stereocenters. The van der Waals surface area contributed by atoms with Crippen LogP contribution in [0.15, 0.2) is 11.6 Å². The Kier molecular flexibility index (Phi) is 5.38. The fraction of sp³-hybridized carbons (Fsp3) is 0.857. The van der Waals surface area contributed by atoms with Crippen LogP contribution in [0.25, 0.3) is 0 Å². The van der Waals surface area contributed by atoms with Crippen LogP contribution in [0.5, 0.6) is 0 Å². The van der Waals surface area contributed by atoms with Gasteiger partial charge in [0, 0.05) is 6.61 Å². The van der Waals surface area contributed by atoms with Crippen molar-refractivity contribution in [2.75, 3.05) is 6.61 Å². The molecule has 1 N–H and O–H groups in total. The van der Waals surface area contributed by atoms with Gasteiger partial charge in [-0.1, -0.05) is 32.4 Å². The summed E-state index contributed by atoms with van der Waals surface area (Å²) >= 11 is 0. The molecule has 0 aromatic heterocycles. The molecule has 2 unspecified atom stereocenters. The first-order valence-electron chi connectivity index (χ1n) is 6.42. The van der Waals surface area contributed by atoms with E-state index in [0.29, 0.717) is 6.61 Å². The SMILES string of the molecule is CC(C)CC1=CCC(CCCO)C(C)C1. The summed E-state index contributed by atoms with van der Waals surface area (Å²) in [7, 11) is 0. The van der Waals surface area contributed by atoms with E-state index in [-0.39, 0.29) is 0 Å². The second-order valence-electron chi connectivity index (χ2n) is 5.50. The van der Waals surface area contributed by atoms with Crippen LogP contribution >= 0.6 is 0 Å². The molecule has 0 aromatic rings. The molecule has 1 aliphatic carbocycles. The average Bonchev–Trinajstić information content (AvgIpc) is 2.15. The van der Waals surface area contributed by atoms with Gasteiger partial charge >= 0.3 is 0 Å². The molecular formula is C14H26O. The van der Waals surface area contributed by atoms with Crippen LogP contribution in [-0.4, -0.2) is 11.7 Å². The summed E-state index contributed by atoms with van der Waals surface area (Å²) in [6.07, 6.45) is 8.43. The van der Waals surface area contributed by atoms with Gasteiger partial charge in [0.25, 0.3) is 0 Å². The van der Waals surface area contributed by atoms with Gasteiger partial charge in [0.1, 0.15) is 0 Å². The maximum Gasteiger partial charge on any atom is 0.0431 e. The third-order valence-electron chi connectivity index (χ3n) is 3.50. The topological polar surface area (TPSA) is 20.2 Å². The van der Waals surface area contributed by atoms with Crippen LogP contribution in [0.3, 0.4) is 0 Å². The summed E-state index contributed by atoms with van der Waals surface area (Å²) in [6, 6.07) is 0. The van der Waals surface area contributed by atoms with Gasteiger partial charge in [-0.3, -0.25) is 0 Å². The van der Waals surface area contributed by atoms with Gasteiger partial charge in [0.2, 0.25) is 0 Å². The van der Waals surface area contributed by atoms with Crippen LogP contribution < -0.4 is 0 Å². The highest BCUT2D eigenvalue weighted by molar-refractivity contribution is 5.08. The van der Waals surface area contributed by atoms with Gasteiger partial charge in [-0.05, 0) is 49.9 Å². The molecule has 0 saturated heterocycles. The number of aliphatic hydroxyl groups excluding tert-OH is 1. The fourth-order valence-corrected chi connectivity index (χ4v) is 2.66. The number of hydrogen-bond acceptors (Lipinski definition) is 1. The van der Waals surface area contributed by atoms with Crippen molar-refractivity contribution in [3.63, 3.8) is 0 Å². The van der Waals surface area contributed by atoms with Gasteiger partial charge < -0.3 is 5.11 Å². The van der Waals surface area contributed by atoms with Crippen molar-refractivity contribution in [2.45, 2.75) is 52.9 Å². The van der Waals surface area contributed by atoms with Gasteiger partial charge in [-0.25, -0.2) is 0 Å². The lowest BCUT2D eigenvalue weighted by molar-refractivity contribution is 0.244. The van der Waals surface area contributed by atoms with Gasteiger partial charge in [-0.2, -0.15) is 0 Å². The number of hydrogen-bond donors (Lipinski definition) is 1. The molecule has 0 bridgehead atoms. The highest BCUT2D eigenvalue weighted by Crippen LogP contribution is 2.34. The average molecular weight is 210 g/mol. The second kappa shape index (κ2) is 6.32. The maximum absolute atomic E-state index is 8.84. The Morgan fingerprint density at radius 1 is 1.47 bits per heavy atom. The summed E-state index contributed by atoms with van der Waals surface area (Å²) in [6.45, 7) is 7.31. The first kappa shape index (κ1) is 12.8. The zero-order chi connectivity index (χ0) is 11.3. The van der Waals surface area contributed by atoms with E-state index in [1.807, 2.05) is 0 Å². The minimum Gasteiger partial charge on any atom is -0.396 e. The molecule has 0 aliphatic heterocycles. The van der Waals surface area contributed by atoms with Crippen LogP contribution in [0, 0.1) is 17.8 Å². The molecule has 0 radical (unpaired) electrons. The highest BCUT2D eigenvalue weighted by atomic mass is 16.2. The monoisotopic (exact) mass is 210 g/mol. The van der Waals surface area contributed by atoms with Crippen molar-refractivity contribution in [3.05, 3.63) is 11.6 Å². The third-order valence-corrected chi connectivity index (χ3v) is 3.50. The molecule has 0 amide bonds. The quantitative estimate of drug-likeness (QED) is 0.685. The summed E-state index contributed by atoms with van der Waals surface area (Å²) < 4.78 is 0. The lowest BCUT2D eigenvalue weighted by Crippen LogP contribution is -2.17. The molecule has 88 valence electrons. The van der Waals surface area contributed by atoms with Crippen molar-refractivity contribution in [3.8, 4) is 0 Å². The van der Waals surface area contributed by atoms with Gasteiger partial charge in [0.15, 0.2) is 0 Å². The summed E-state index contributed by atoms with van der Waals surface area (Å²) in [4.78, 5) is 0. The Morgan fingerprint density at radius 2 is 2.20 bits per heavy atom. The first-order valence-corrected chi connectivity index (χ1v) is 6.42. The van der Waals surface area contributed by atoms with Crippen LogP contribution in [0.2, 0.25) is 0 Å². The molecule has 1 rings (SSSR count). The highest BCUT2D eigenvalue weighted by Gasteiger charge is 2.21. The number of rotatable bonds is 5. The minimum atomic E-state index is 0.353. The molecule has 15 heavy (non-hydrogen) atoms. The molecule has 0 fully saturated rings. The van der Waals surface area contributed by atoms with E-state index in [9.17, 15) is 0 Å². The Hall–Kier alpha value is -0.300. The van der Waals surface area contributed by atoms with E-state index >= 15 is 0 Å². The largest absolute Gasteiger partial charge is 0.396 e.